The van der Waals surface area contributed by atoms with Crippen molar-refractivity contribution in [1.82, 2.24) is 20.2 Å². The molecule has 0 saturated heterocycles. The van der Waals surface area contributed by atoms with Crippen molar-refractivity contribution in [2.45, 2.75) is 11.8 Å². The Morgan fingerprint density at radius 2 is 1.79 bits per heavy atom. The van der Waals surface area contributed by atoms with Crippen molar-refractivity contribution in [1.29, 1.82) is 0 Å². The second kappa shape index (κ2) is 7.18. The number of sulfonamides is 1. The quantitative estimate of drug-likeness (QED) is 0.432. The van der Waals surface area contributed by atoms with E-state index in [1.54, 1.807) is 24.3 Å². The average molecular weight is 449 g/mol. The topological polar surface area (TPSA) is 127 Å². The lowest BCUT2D eigenvalue weighted by Gasteiger charge is -2.10. The summed E-state index contributed by atoms with van der Waals surface area (Å²) < 4.78 is 27.7. The van der Waals surface area contributed by atoms with E-state index in [-0.39, 0.29) is 14.9 Å². The standard InChI is InChI=1S/C18H14Cl2N6O2S/c1-9-15-16(21)24-25-18(15)23-17(22-9)10-2-5-12(6-3-10)26-29(27,28)14-8-11(19)4-7-13(14)20/h2-8,26H,1H3,(H3,21,22,23,24,25). The van der Waals surface area contributed by atoms with Crippen LogP contribution in [0.15, 0.2) is 47.4 Å². The van der Waals surface area contributed by atoms with E-state index in [0.29, 0.717) is 39.6 Å². The summed E-state index contributed by atoms with van der Waals surface area (Å²) in [6.45, 7) is 1.82. The molecule has 0 amide bonds. The van der Waals surface area contributed by atoms with Crippen molar-refractivity contribution in [2.75, 3.05) is 10.5 Å². The lowest BCUT2D eigenvalue weighted by molar-refractivity contribution is 0.601. The van der Waals surface area contributed by atoms with Crippen LogP contribution in [0.1, 0.15) is 5.69 Å². The molecular formula is C18H14Cl2N6O2S. The molecule has 4 N–H and O–H groups in total. The highest BCUT2D eigenvalue weighted by Gasteiger charge is 2.19. The highest BCUT2D eigenvalue weighted by molar-refractivity contribution is 7.92. The van der Waals surface area contributed by atoms with Crippen LogP contribution < -0.4 is 10.5 Å². The first kappa shape index (κ1) is 19.4. The smallest absolute Gasteiger partial charge is 0.263 e. The van der Waals surface area contributed by atoms with Gasteiger partial charge in [0, 0.05) is 16.3 Å². The predicted octanol–water partition coefficient (Wildman–Crippen LogP) is 4.02. The van der Waals surface area contributed by atoms with Crippen molar-refractivity contribution < 1.29 is 8.42 Å². The molecule has 0 saturated carbocycles. The molecule has 4 aromatic rings. The molecule has 0 aliphatic carbocycles. The summed E-state index contributed by atoms with van der Waals surface area (Å²) in [5.74, 6) is 0.805. The molecule has 4 rings (SSSR count). The number of halogens is 2. The van der Waals surface area contributed by atoms with Gasteiger partial charge in [0.15, 0.2) is 17.3 Å². The van der Waals surface area contributed by atoms with Gasteiger partial charge in [0.05, 0.1) is 16.1 Å². The Morgan fingerprint density at radius 3 is 2.52 bits per heavy atom. The second-order valence-corrected chi connectivity index (χ2v) is 8.72. The van der Waals surface area contributed by atoms with E-state index >= 15 is 0 Å². The molecule has 0 unspecified atom stereocenters. The molecule has 0 aliphatic rings. The van der Waals surface area contributed by atoms with Gasteiger partial charge in [0.25, 0.3) is 10.0 Å². The van der Waals surface area contributed by atoms with E-state index in [1.165, 1.54) is 18.2 Å². The van der Waals surface area contributed by atoms with Crippen molar-refractivity contribution in [2.24, 2.45) is 0 Å². The van der Waals surface area contributed by atoms with Crippen LogP contribution in [0.4, 0.5) is 11.5 Å². The molecule has 0 spiro atoms. The number of nitrogens with one attached hydrogen (secondary N) is 2. The van der Waals surface area contributed by atoms with Gasteiger partial charge in [-0.2, -0.15) is 5.10 Å². The summed E-state index contributed by atoms with van der Waals surface area (Å²) >= 11 is 11.9. The molecule has 0 bridgehead atoms. The number of fused-ring (bicyclic) bond motifs is 1. The molecule has 8 nitrogen and oxygen atoms in total. The zero-order chi connectivity index (χ0) is 20.8. The minimum absolute atomic E-state index is 0.0783. The number of benzene rings is 2. The number of aromatic nitrogens is 4. The fourth-order valence-corrected chi connectivity index (χ4v) is 4.66. The summed E-state index contributed by atoms with van der Waals surface area (Å²) in [7, 11) is -3.90. The Balaban J connectivity index is 1.64. The summed E-state index contributed by atoms with van der Waals surface area (Å²) in [6.07, 6.45) is 0. The Kier molecular flexibility index (Phi) is 4.81. The maximum atomic E-state index is 12.6. The van der Waals surface area contributed by atoms with Crippen molar-refractivity contribution in [3.8, 4) is 11.4 Å². The lowest BCUT2D eigenvalue weighted by atomic mass is 10.2. The SMILES string of the molecule is Cc1nc(-c2ccc(NS(=O)(=O)c3cc(Cl)ccc3Cl)cc2)nc2[nH]nc(N)c12. The van der Waals surface area contributed by atoms with Gasteiger partial charge in [0.1, 0.15) is 4.90 Å². The molecule has 148 valence electrons. The number of aryl methyl sites for hydroxylation is 1. The van der Waals surface area contributed by atoms with Gasteiger partial charge in [-0.15, -0.1) is 0 Å². The first-order chi connectivity index (χ1) is 13.7. The Hall–Kier alpha value is -2.88. The number of nitrogen functional groups attached to an aromatic ring is 1. The first-order valence-corrected chi connectivity index (χ1v) is 10.5. The molecule has 2 heterocycles. The third kappa shape index (κ3) is 3.71. The fourth-order valence-electron chi connectivity index (χ4n) is 2.84. The Labute approximate surface area is 176 Å². The zero-order valence-electron chi connectivity index (χ0n) is 14.9. The van der Waals surface area contributed by atoms with Crippen molar-refractivity contribution in [3.63, 3.8) is 0 Å². The number of hydrogen-bond acceptors (Lipinski definition) is 6. The molecule has 0 aliphatic heterocycles. The van der Waals surface area contributed by atoms with Gasteiger partial charge in [-0.3, -0.25) is 9.82 Å². The first-order valence-electron chi connectivity index (χ1n) is 8.31. The largest absolute Gasteiger partial charge is 0.382 e. The van der Waals surface area contributed by atoms with Crippen LogP contribution in [-0.4, -0.2) is 28.6 Å². The predicted molar refractivity (Wildman–Crippen MR) is 114 cm³/mol. The van der Waals surface area contributed by atoms with Crippen LogP contribution in [0.2, 0.25) is 10.0 Å². The number of hydrogen-bond donors (Lipinski definition) is 3. The van der Waals surface area contributed by atoms with Crippen LogP contribution in [0.3, 0.4) is 0 Å². The second-order valence-electron chi connectivity index (χ2n) is 6.22. The van der Waals surface area contributed by atoms with Crippen molar-refractivity contribution in [3.05, 3.63) is 58.2 Å². The van der Waals surface area contributed by atoms with Gasteiger partial charge < -0.3 is 5.73 Å². The van der Waals surface area contributed by atoms with Gasteiger partial charge in [-0.05, 0) is 49.4 Å². The van der Waals surface area contributed by atoms with E-state index in [4.69, 9.17) is 28.9 Å². The summed E-state index contributed by atoms with van der Waals surface area (Å²) in [6, 6.07) is 10.9. The number of aromatic amines is 1. The number of anilines is 2. The third-order valence-electron chi connectivity index (χ3n) is 4.21. The third-order valence-corrected chi connectivity index (χ3v) is 6.30. The van der Waals surface area contributed by atoms with Crippen molar-refractivity contribution >= 4 is 55.8 Å². The summed E-state index contributed by atoms with van der Waals surface area (Å²) in [5, 5.41) is 7.74. The van der Waals surface area contributed by atoms with E-state index in [1.807, 2.05) is 6.92 Å². The van der Waals surface area contributed by atoms with E-state index < -0.39 is 10.0 Å². The highest BCUT2D eigenvalue weighted by atomic mass is 35.5. The van der Waals surface area contributed by atoms with Crippen LogP contribution in [-0.2, 0) is 10.0 Å². The van der Waals surface area contributed by atoms with Gasteiger partial charge in [-0.1, -0.05) is 23.2 Å². The Bertz CT molecular complexity index is 1340. The van der Waals surface area contributed by atoms with Crippen LogP contribution in [0, 0.1) is 6.92 Å². The van der Waals surface area contributed by atoms with Gasteiger partial charge in [-0.25, -0.2) is 18.4 Å². The van der Waals surface area contributed by atoms with Crippen LogP contribution >= 0.6 is 23.2 Å². The van der Waals surface area contributed by atoms with Gasteiger partial charge in [0.2, 0.25) is 0 Å². The molecule has 0 atom stereocenters. The molecule has 0 fully saturated rings. The lowest BCUT2D eigenvalue weighted by Crippen LogP contribution is -2.13. The number of H-pyrrole nitrogens is 1. The average Bonchev–Trinajstić information content (AvgIpc) is 3.05. The monoisotopic (exact) mass is 448 g/mol. The zero-order valence-corrected chi connectivity index (χ0v) is 17.3. The minimum atomic E-state index is -3.90. The number of rotatable bonds is 4. The highest BCUT2D eigenvalue weighted by Crippen LogP contribution is 2.28. The fraction of sp³-hybridized carbons (Fsp3) is 0.0556. The number of nitrogens with zero attached hydrogens (tertiary/aromatic N) is 3. The van der Waals surface area contributed by atoms with Crippen LogP contribution in [0.5, 0.6) is 0 Å². The molecular weight excluding hydrogens is 435 g/mol. The Morgan fingerprint density at radius 1 is 1.07 bits per heavy atom. The maximum Gasteiger partial charge on any atom is 0.263 e. The molecule has 29 heavy (non-hydrogen) atoms. The molecule has 0 radical (unpaired) electrons. The number of nitrogens with two attached hydrogens (primary N) is 1. The summed E-state index contributed by atoms with van der Waals surface area (Å²) in [5.41, 5.74) is 8.09. The van der Waals surface area contributed by atoms with E-state index in [9.17, 15) is 8.42 Å². The minimum Gasteiger partial charge on any atom is -0.382 e. The maximum absolute atomic E-state index is 12.6. The molecule has 2 aromatic heterocycles. The van der Waals surface area contributed by atoms with Gasteiger partial charge >= 0.3 is 0 Å². The van der Waals surface area contributed by atoms with Crippen LogP contribution in [0.25, 0.3) is 22.4 Å². The molecule has 2 aromatic carbocycles. The van der Waals surface area contributed by atoms with E-state index in [0.717, 1.165) is 0 Å². The van der Waals surface area contributed by atoms with E-state index in [2.05, 4.69) is 24.9 Å². The molecule has 11 heteroatoms. The normalized spacial score (nSPS) is 11.7. The summed E-state index contributed by atoms with van der Waals surface area (Å²) in [4.78, 5) is 8.78.